The van der Waals surface area contributed by atoms with Crippen LogP contribution in [0.25, 0.3) is 5.65 Å². The number of hydrogen-bond acceptors (Lipinski definition) is 4. The third-order valence-corrected chi connectivity index (χ3v) is 3.86. The zero-order valence-electron chi connectivity index (χ0n) is 11.7. The Hall–Kier alpha value is -1.47. The van der Waals surface area contributed by atoms with Crippen LogP contribution in [0.15, 0.2) is 23.2 Å². The van der Waals surface area contributed by atoms with Gasteiger partial charge in [0.1, 0.15) is 4.60 Å². The molecule has 0 spiro atoms. The summed E-state index contributed by atoms with van der Waals surface area (Å²) >= 11 is 3.36. The van der Waals surface area contributed by atoms with Crippen molar-refractivity contribution in [2.24, 2.45) is 0 Å². The molecule has 2 aromatic rings. The number of aromatic nitrogens is 3. The van der Waals surface area contributed by atoms with E-state index in [9.17, 15) is 4.79 Å². The zero-order chi connectivity index (χ0) is 14.7. The van der Waals surface area contributed by atoms with E-state index in [-0.39, 0.29) is 5.91 Å². The molecule has 21 heavy (non-hydrogen) atoms. The van der Waals surface area contributed by atoms with Gasteiger partial charge in [-0.05, 0) is 41.7 Å². The molecular formula is C14H18BrN5O. The van der Waals surface area contributed by atoms with Crippen molar-refractivity contribution >= 4 is 27.5 Å². The van der Waals surface area contributed by atoms with Crippen LogP contribution in [0.5, 0.6) is 0 Å². The normalized spacial score (nSPS) is 14.5. The highest BCUT2D eigenvalue weighted by Crippen LogP contribution is 2.18. The van der Waals surface area contributed by atoms with Crippen molar-refractivity contribution in [3.63, 3.8) is 0 Å². The second-order valence-corrected chi connectivity index (χ2v) is 6.12. The van der Waals surface area contributed by atoms with Crippen molar-refractivity contribution < 1.29 is 4.79 Å². The first-order chi connectivity index (χ1) is 10.2. The summed E-state index contributed by atoms with van der Waals surface area (Å²) in [5.74, 6) is 0.170. The topological polar surface area (TPSA) is 71.3 Å². The van der Waals surface area contributed by atoms with Crippen molar-refractivity contribution in [3.8, 4) is 0 Å². The summed E-state index contributed by atoms with van der Waals surface area (Å²) in [6, 6.07) is 0.454. The lowest BCUT2D eigenvalue weighted by Crippen LogP contribution is -2.26. The summed E-state index contributed by atoms with van der Waals surface area (Å²) in [6.07, 6.45) is 9.20. The number of imidazole rings is 1. The van der Waals surface area contributed by atoms with E-state index in [0.717, 1.165) is 48.3 Å². The number of carbonyl (C=O) groups excluding carboxylic acids is 1. The highest BCUT2D eigenvalue weighted by Gasteiger charge is 2.22. The van der Waals surface area contributed by atoms with E-state index in [0.29, 0.717) is 12.5 Å². The first-order valence-electron chi connectivity index (χ1n) is 7.20. The van der Waals surface area contributed by atoms with Gasteiger partial charge in [0.2, 0.25) is 5.91 Å². The van der Waals surface area contributed by atoms with Gasteiger partial charge in [-0.2, -0.15) is 0 Å². The van der Waals surface area contributed by atoms with Crippen molar-refractivity contribution in [2.75, 3.05) is 6.54 Å². The molecule has 2 aromatic heterocycles. The molecule has 1 amide bonds. The van der Waals surface area contributed by atoms with Gasteiger partial charge in [-0.1, -0.05) is 0 Å². The van der Waals surface area contributed by atoms with Crippen LogP contribution in [0, 0.1) is 0 Å². The Labute approximate surface area is 131 Å². The van der Waals surface area contributed by atoms with Crippen molar-refractivity contribution in [3.05, 3.63) is 28.9 Å². The standard InChI is InChI=1S/C14H18BrN5O/c15-12-9-20-11(7-18-13(20)8-17-12)6-16-5-1-2-14(21)19-10-3-4-10/h7-10,16H,1-6H2,(H,19,21). The minimum atomic E-state index is 0.170. The molecule has 112 valence electrons. The van der Waals surface area contributed by atoms with E-state index in [4.69, 9.17) is 0 Å². The second kappa shape index (κ2) is 6.53. The number of rotatable bonds is 7. The fourth-order valence-corrected chi connectivity index (χ4v) is 2.47. The summed E-state index contributed by atoms with van der Waals surface area (Å²) in [6.45, 7) is 1.54. The van der Waals surface area contributed by atoms with Crippen LogP contribution < -0.4 is 10.6 Å². The number of hydrogen-bond donors (Lipinski definition) is 2. The number of halogens is 1. The monoisotopic (exact) mass is 351 g/mol. The summed E-state index contributed by atoms with van der Waals surface area (Å²) in [4.78, 5) is 20.0. The fraction of sp³-hybridized carbons (Fsp3) is 0.500. The lowest BCUT2D eigenvalue weighted by molar-refractivity contribution is -0.121. The van der Waals surface area contributed by atoms with Gasteiger partial charge in [0.15, 0.2) is 5.65 Å². The van der Waals surface area contributed by atoms with Crippen LogP contribution in [0.4, 0.5) is 0 Å². The Morgan fingerprint density at radius 3 is 3.05 bits per heavy atom. The number of carbonyl (C=O) groups is 1. The van der Waals surface area contributed by atoms with Crippen LogP contribution in [0.1, 0.15) is 31.4 Å². The Morgan fingerprint density at radius 1 is 1.38 bits per heavy atom. The Bertz CT molecular complexity index is 637. The molecule has 1 fully saturated rings. The van der Waals surface area contributed by atoms with Gasteiger partial charge in [0.05, 0.1) is 18.1 Å². The third kappa shape index (κ3) is 4.01. The molecular weight excluding hydrogens is 334 g/mol. The van der Waals surface area contributed by atoms with Crippen LogP contribution in [-0.4, -0.2) is 32.9 Å². The molecule has 1 aliphatic rings. The molecule has 0 aliphatic heterocycles. The molecule has 7 heteroatoms. The van der Waals surface area contributed by atoms with E-state index >= 15 is 0 Å². The molecule has 0 saturated heterocycles. The van der Waals surface area contributed by atoms with E-state index < -0.39 is 0 Å². The van der Waals surface area contributed by atoms with E-state index in [1.807, 2.05) is 16.8 Å². The molecule has 0 bridgehead atoms. The summed E-state index contributed by atoms with van der Waals surface area (Å²) in [7, 11) is 0. The quantitative estimate of drug-likeness (QED) is 0.744. The maximum absolute atomic E-state index is 11.5. The van der Waals surface area contributed by atoms with Gasteiger partial charge in [0.25, 0.3) is 0 Å². The smallest absolute Gasteiger partial charge is 0.220 e. The van der Waals surface area contributed by atoms with Gasteiger partial charge in [-0.15, -0.1) is 0 Å². The van der Waals surface area contributed by atoms with Crippen LogP contribution in [0.3, 0.4) is 0 Å². The first kappa shape index (κ1) is 14.5. The molecule has 0 radical (unpaired) electrons. The van der Waals surface area contributed by atoms with Gasteiger partial charge in [-0.3, -0.25) is 9.20 Å². The van der Waals surface area contributed by atoms with Crippen LogP contribution in [-0.2, 0) is 11.3 Å². The predicted octanol–water partition coefficient (Wildman–Crippen LogP) is 1.64. The van der Waals surface area contributed by atoms with E-state index in [1.165, 1.54) is 0 Å². The van der Waals surface area contributed by atoms with Crippen molar-refractivity contribution in [1.82, 2.24) is 25.0 Å². The Kier molecular flexibility index (Phi) is 4.50. The number of fused-ring (bicyclic) bond motifs is 1. The van der Waals surface area contributed by atoms with E-state index in [2.05, 4.69) is 36.5 Å². The summed E-state index contributed by atoms with van der Waals surface area (Å²) < 4.78 is 2.79. The predicted molar refractivity (Wildman–Crippen MR) is 82.8 cm³/mol. The van der Waals surface area contributed by atoms with Gasteiger partial charge < -0.3 is 10.6 Å². The molecule has 0 atom stereocenters. The minimum Gasteiger partial charge on any atom is -0.353 e. The molecule has 3 rings (SSSR count). The summed E-state index contributed by atoms with van der Waals surface area (Å²) in [5, 5.41) is 6.34. The van der Waals surface area contributed by atoms with Crippen molar-refractivity contribution in [1.29, 1.82) is 0 Å². The minimum absolute atomic E-state index is 0.170. The summed E-state index contributed by atoms with van der Waals surface area (Å²) in [5.41, 5.74) is 1.91. The third-order valence-electron chi connectivity index (χ3n) is 3.45. The maximum atomic E-state index is 11.5. The average Bonchev–Trinajstić information content (AvgIpc) is 3.18. The maximum Gasteiger partial charge on any atom is 0.220 e. The molecule has 0 unspecified atom stereocenters. The van der Waals surface area contributed by atoms with Gasteiger partial charge >= 0.3 is 0 Å². The molecule has 6 nitrogen and oxygen atoms in total. The van der Waals surface area contributed by atoms with E-state index in [1.54, 1.807) is 6.20 Å². The SMILES string of the molecule is O=C(CCCNCc1cnc2cnc(Br)cn12)NC1CC1. The number of nitrogens with one attached hydrogen (secondary N) is 2. The number of amides is 1. The molecule has 2 heterocycles. The largest absolute Gasteiger partial charge is 0.353 e. The lowest BCUT2D eigenvalue weighted by atomic mass is 10.3. The highest BCUT2D eigenvalue weighted by molar-refractivity contribution is 9.10. The Morgan fingerprint density at radius 2 is 2.24 bits per heavy atom. The van der Waals surface area contributed by atoms with Gasteiger partial charge in [0, 0.05) is 25.2 Å². The average molecular weight is 352 g/mol. The molecule has 1 aliphatic carbocycles. The lowest BCUT2D eigenvalue weighted by Gasteiger charge is -2.06. The number of nitrogens with zero attached hydrogens (tertiary/aromatic N) is 3. The van der Waals surface area contributed by atoms with Crippen LogP contribution in [0.2, 0.25) is 0 Å². The first-order valence-corrected chi connectivity index (χ1v) is 7.99. The van der Waals surface area contributed by atoms with Crippen LogP contribution >= 0.6 is 15.9 Å². The second-order valence-electron chi connectivity index (χ2n) is 5.31. The Balaban J connectivity index is 1.41. The van der Waals surface area contributed by atoms with Crippen molar-refractivity contribution in [2.45, 2.75) is 38.3 Å². The fourth-order valence-electron chi connectivity index (χ4n) is 2.16. The zero-order valence-corrected chi connectivity index (χ0v) is 13.3. The molecule has 0 aromatic carbocycles. The van der Waals surface area contributed by atoms with Gasteiger partial charge in [-0.25, -0.2) is 9.97 Å². The highest BCUT2D eigenvalue weighted by atomic mass is 79.9. The molecule has 2 N–H and O–H groups in total. The molecule has 1 saturated carbocycles.